The van der Waals surface area contributed by atoms with E-state index in [1.54, 1.807) is 12.3 Å². The highest BCUT2D eigenvalue weighted by molar-refractivity contribution is 5.86. The maximum atomic E-state index is 10.2. The van der Waals surface area contributed by atoms with Crippen molar-refractivity contribution in [2.45, 2.75) is 0 Å². The molecule has 0 aliphatic rings. The number of aromatic amines is 1. The molecule has 1 aromatic rings. The second-order valence-corrected chi connectivity index (χ2v) is 2.73. The van der Waals surface area contributed by atoms with Gasteiger partial charge in [-0.1, -0.05) is 0 Å². The fraction of sp³-hybridized carbons (Fsp3) is 0. The average molecular weight is 224 g/mol. The number of carboxylic acid groups (broad SMARTS) is 1. The average Bonchev–Trinajstić information content (AvgIpc) is 2.03. The summed E-state index contributed by atoms with van der Waals surface area (Å²) in [6, 6.07) is 3.17. The summed E-state index contributed by atoms with van der Waals surface area (Å²) < 4.78 is 34.0. The van der Waals surface area contributed by atoms with Crippen LogP contribution in [-0.2, 0) is 0 Å². The van der Waals surface area contributed by atoms with Crippen molar-refractivity contribution in [2.24, 2.45) is 0 Å². The number of halogens is 1. The molecule has 0 aliphatic heterocycles. The Morgan fingerprint density at radius 1 is 1.36 bits per heavy atom. The molecular formula is C6H6ClNO6. The van der Waals surface area contributed by atoms with E-state index in [0.717, 1.165) is 0 Å². The molecule has 0 fully saturated rings. The van der Waals surface area contributed by atoms with E-state index in [-0.39, 0.29) is 5.56 Å². The summed E-state index contributed by atoms with van der Waals surface area (Å²) in [5, 5.41) is 8.36. The number of pyridine rings is 1. The van der Waals surface area contributed by atoms with Crippen molar-refractivity contribution in [1.29, 1.82) is 0 Å². The minimum absolute atomic E-state index is 0.275. The molecule has 7 nitrogen and oxygen atoms in total. The van der Waals surface area contributed by atoms with Gasteiger partial charge in [-0.3, -0.25) is 0 Å². The van der Waals surface area contributed by atoms with Crippen LogP contribution >= 0.6 is 0 Å². The van der Waals surface area contributed by atoms with Gasteiger partial charge < -0.3 is 5.11 Å². The van der Waals surface area contributed by atoms with Crippen molar-refractivity contribution in [3.63, 3.8) is 0 Å². The monoisotopic (exact) mass is 223 g/mol. The topological polar surface area (TPSA) is 144 Å². The van der Waals surface area contributed by atoms with E-state index in [1.807, 2.05) is 0 Å². The van der Waals surface area contributed by atoms with Crippen LogP contribution in [0.3, 0.4) is 0 Å². The minimum atomic E-state index is -4.94. The molecule has 8 heteroatoms. The third kappa shape index (κ3) is 8.84. The van der Waals surface area contributed by atoms with Crippen LogP contribution in [0.5, 0.6) is 0 Å². The second kappa shape index (κ2) is 5.47. The number of rotatable bonds is 1. The first kappa shape index (κ1) is 12.8. The van der Waals surface area contributed by atoms with Crippen LogP contribution in [0.4, 0.5) is 0 Å². The van der Waals surface area contributed by atoms with E-state index < -0.39 is 16.2 Å². The smallest absolute Gasteiger partial charge is 0.341 e. The molecule has 0 atom stereocenters. The highest BCUT2D eigenvalue weighted by Gasteiger charge is 2.01. The Labute approximate surface area is 80.6 Å². The highest BCUT2D eigenvalue weighted by atomic mass is 35.7. The van der Waals surface area contributed by atoms with Crippen LogP contribution in [0.1, 0.15) is 10.4 Å². The molecule has 0 radical (unpaired) electrons. The first-order chi connectivity index (χ1) is 6.30. The number of nitrogens with one attached hydrogen (secondary N) is 1. The maximum absolute atomic E-state index is 10.2. The molecule has 0 saturated carbocycles. The number of aromatic nitrogens is 1. The summed E-state index contributed by atoms with van der Waals surface area (Å²) in [5.74, 6) is -0.910. The number of hydrogen-bond acceptors (Lipinski definition) is 5. The van der Waals surface area contributed by atoms with Crippen molar-refractivity contribution < 1.29 is 43.8 Å². The number of hydrogen-bond donors (Lipinski definition) is 1. The van der Waals surface area contributed by atoms with Gasteiger partial charge in [0.2, 0.25) is 0 Å². The molecule has 0 saturated heterocycles. The number of aromatic carboxylic acids is 1. The van der Waals surface area contributed by atoms with Crippen molar-refractivity contribution >= 4 is 5.97 Å². The summed E-state index contributed by atoms with van der Waals surface area (Å²) in [6.45, 7) is 0. The number of H-pyrrole nitrogens is 1. The predicted molar refractivity (Wildman–Crippen MR) is 30.0 cm³/mol. The van der Waals surface area contributed by atoms with Gasteiger partial charge in [-0.2, -0.15) is 0 Å². The van der Waals surface area contributed by atoms with E-state index in [1.165, 1.54) is 12.3 Å². The zero-order valence-electron chi connectivity index (χ0n) is 6.68. The molecule has 14 heavy (non-hydrogen) atoms. The molecular weight excluding hydrogens is 218 g/mol. The SMILES string of the molecule is O=C(O)c1ccc[nH+]c1.[O-][Cl+3]([O-])([O-])[O-]. The molecule has 0 aliphatic carbocycles. The van der Waals surface area contributed by atoms with Crippen LogP contribution in [0, 0.1) is 10.2 Å². The quantitative estimate of drug-likeness (QED) is 0.508. The van der Waals surface area contributed by atoms with Crippen molar-refractivity contribution in [2.75, 3.05) is 0 Å². The molecule has 1 rings (SSSR count). The highest BCUT2D eigenvalue weighted by Crippen LogP contribution is 1.90. The molecule has 78 valence electrons. The van der Waals surface area contributed by atoms with Gasteiger partial charge in [-0.25, -0.2) is 28.4 Å². The van der Waals surface area contributed by atoms with E-state index in [9.17, 15) is 4.79 Å². The van der Waals surface area contributed by atoms with Gasteiger partial charge in [0, 0.05) is 6.07 Å². The Morgan fingerprint density at radius 2 is 1.86 bits per heavy atom. The summed E-state index contributed by atoms with van der Waals surface area (Å²) >= 11 is 0. The van der Waals surface area contributed by atoms with Crippen molar-refractivity contribution in [3.05, 3.63) is 30.1 Å². The Kier molecular flexibility index (Phi) is 4.99. The Balaban J connectivity index is 0.000000292. The lowest BCUT2D eigenvalue weighted by molar-refractivity contribution is -2.00. The van der Waals surface area contributed by atoms with Gasteiger partial charge in [0.15, 0.2) is 12.4 Å². The van der Waals surface area contributed by atoms with E-state index >= 15 is 0 Å². The largest absolute Gasteiger partial charge is 0.477 e. The molecule has 0 spiro atoms. The van der Waals surface area contributed by atoms with E-state index in [4.69, 9.17) is 23.7 Å². The second-order valence-electron chi connectivity index (χ2n) is 1.98. The first-order valence-electron chi connectivity index (χ1n) is 3.12. The Bertz CT molecular complexity index is 278. The Hall–Kier alpha value is -1.25. The normalized spacial score (nSPS) is 10.0. The standard InChI is InChI=1S/C6H5NO2.ClHO4/c8-6(9)5-2-1-3-7-4-5;2-1(3,4)5/h1-4H,(H,8,9);(H,2,3,4,5). The minimum Gasteiger partial charge on any atom is -0.477 e. The molecule has 0 amide bonds. The predicted octanol–water partition coefficient (Wildman–Crippen LogP) is -4.56. The summed E-state index contributed by atoms with van der Waals surface area (Å²) in [6.07, 6.45) is 3.09. The van der Waals surface area contributed by atoms with Crippen LogP contribution in [0.2, 0.25) is 0 Å². The molecule has 1 aromatic heterocycles. The molecule has 0 unspecified atom stereocenters. The number of carbonyl (C=O) groups is 1. The zero-order chi connectivity index (χ0) is 11.2. The third-order valence-corrected chi connectivity index (χ3v) is 0.954. The fourth-order valence-electron chi connectivity index (χ4n) is 0.526. The summed E-state index contributed by atoms with van der Waals surface area (Å²) in [4.78, 5) is 12.8. The van der Waals surface area contributed by atoms with Gasteiger partial charge >= 0.3 is 5.97 Å². The Morgan fingerprint density at radius 3 is 2.07 bits per heavy atom. The summed E-state index contributed by atoms with van der Waals surface area (Å²) in [7, 11) is -4.94. The van der Waals surface area contributed by atoms with Crippen LogP contribution < -0.4 is 23.6 Å². The zero-order valence-corrected chi connectivity index (χ0v) is 7.43. The van der Waals surface area contributed by atoms with Gasteiger partial charge in [0.1, 0.15) is 5.56 Å². The molecule has 2 N–H and O–H groups in total. The van der Waals surface area contributed by atoms with Gasteiger partial charge in [-0.05, 0) is 6.07 Å². The van der Waals surface area contributed by atoms with Crippen LogP contribution in [0.15, 0.2) is 24.5 Å². The van der Waals surface area contributed by atoms with Crippen LogP contribution in [0.25, 0.3) is 0 Å². The fourth-order valence-corrected chi connectivity index (χ4v) is 0.526. The van der Waals surface area contributed by atoms with Crippen molar-refractivity contribution in [3.8, 4) is 0 Å². The van der Waals surface area contributed by atoms with Gasteiger partial charge in [0.05, 0.1) is 0 Å². The van der Waals surface area contributed by atoms with Gasteiger partial charge in [0.25, 0.3) is 0 Å². The van der Waals surface area contributed by atoms with Crippen LogP contribution in [-0.4, -0.2) is 11.1 Å². The van der Waals surface area contributed by atoms with E-state index in [2.05, 4.69) is 4.98 Å². The lowest BCUT2D eigenvalue weighted by atomic mass is 10.3. The first-order valence-corrected chi connectivity index (χ1v) is 4.35. The van der Waals surface area contributed by atoms with E-state index in [0.29, 0.717) is 0 Å². The molecule has 0 bridgehead atoms. The maximum Gasteiger partial charge on any atom is 0.341 e. The third-order valence-electron chi connectivity index (χ3n) is 0.954. The molecule has 0 aromatic carbocycles. The summed E-state index contributed by atoms with van der Waals surface area (Å²) in [5.41, 5.74) is 0.275. The lowest BCUT2D eigenvalue weighted by Gasteiger charge is -2.17. The molecule has 1 heterocycles. The lowest BCUT2D eigenvalue weighted by Crippen LogP contribution is -2.68. The van der Waals surface area contributed by atoms with Gasteiger partial charge in [-0.15, -0.1) is 10.2 Å². The van der Waals surface area contributed by atoms with Crippen molar-refractivity contribution in [1.82, 2.24) is 0 Å². The number of carboxylic acids is 1.